The lowest BCUT2D eigenvalue weighted by Gasteiger charge is -2.38. The predicted octanol–water partition coefficient (Wildman–Crippen LogP) is 4.03. The van der Waals surface area contributed by atoms with Crippen molar-refractivity contribution in [2.45, 2.75) is 25.3 Å². The number of methoxy groups -OCH3 is 1. The number of aromatic nitrogens is 4. The molecular weight excluding hydrogens is 500 g/mol. The number of carbonyl (C=O) groups is 2. The van der Waals surface area contributed by atoms with Crippen molar-refractivity contribution in [1.29, 1.82) is 0 Å². The summed E-state index contributed by atoms with van der Waals surface area (Å²) in [5, 5.41) is 13.4. The van der Waals surface area contributed by atoms with E-state index in [1.807, 2.05) is 35.2 Å². The highest BCUT2D eigenvalue weighted by molar-refractivity contribution is 5.98. The van der Waals surface area contributed by atoms with Gasteiger partial charge in [-0.15, -0.1) is 0 Å². The molecule has 0 bridgehead atoms. The molecule has 0 radical (unpaired) electrons. The highest BCUT2D eigenvalue weighted by atomic mass is 16.6. The SMILES string of the molecule is COc1ccc2c(c1)CCN(C1CCN(c3cc(OC(=O)Nc4cccc5[nH]ncc45)ncn3)CC1)C(=O)N2. The van der Waals surface area contributed by atoms with Gasteiger partial charge in [0.25, 0.3) is 0 Å². The van der Waals surface area contributed by atoms with E-state index in [-0.39, 0.29) is 18.0 Å². The van der Waals surface area contributed by atoms with Gasteiger partial charge in [0, 0.05) is 42.8 Å². The maximum Gasteiger partial charge on any atom is 0.418 e. The highest BCUT2D eigenvalue weighted by Gasteiger charge is 2.30. The molecule has 1 fully saturated rings. The lowest BCUT2D eigenvalue weighted by atomic mass is 10.0. The number of benzene rings is 2. The molecule has 2 aliphatic heterocycles. The summed E-state index contributed by atoms with van der Waals surface area (Å²) in [5.41, 5.74) is 3.30. The Bertz CT molecular complexity index is 1510. The third-order valence-corrected chi connectivity index (χ3v) is 7.21. The number of rotatable bonds is 5. The molecule has 39 heavy (non-hydrogen) atoms. The van der Waals surface area contributed by atoms with Gasteiger partial charge >= 0.3 is 12.1 Å². The van der Waals surface area contributed by atoms with Crippen LogP contribution >= 0.6 is 0 Å². The molecule has 0 spiro atoms. The average Bonchev–Trinajstić information content (AvgIpc) is 3.38. The van der Waals surface area contributed by atoms with Crippen LogP contribution in [-0.2, 0) is 6.42 Å². The van der Waals surface area contributed by atoms with Crippen molar-refractivity contribution >= 4 is 40.2 Å². The Kier molecular flexibility index (Phi) is 6.57. The fraction of sp³-hybridized carbons (Fsp3) is 0.296. The second-order valence-corrected chi connectivity index (χ2v) is 9.48. The zero-order valence-corrected chi connectivity index (χ0v) is 21.4. The number of piperidine rings is 1. The number of H-pyrrole nitrogens is 1. The first-order valence-electron chi connectivity index (χ1n) is 12.8. The second kappa shape index (κ2) is 10.5. The summed E-state index contributed by atoms with van der Waals surface area (Å²) in [6.07, 6.45) is 4.72. The smallest absolute Gasteiger partial charge is 0.418 e. The number of nitrogens with zero attached hydrogens (tertiary/aromatic N) is 5. The molecular formula is C27H28N8O4. The van der Waals surface area contributed by atoms with Gasteiger partial charge in [0.1, 0.15) is 17.9 Å². The highest BCUT2D eigenvalue weighted by Crippen LogP contribution is 2.29. The maximum absolute atomic E-state index is 13.0. The van der Waals surface area contributed by atoms with Crippen molar-refractivity contribution in [2.75, 3.05) is 42.3 Å². The number of carbonyl (C=O) groups excluding carboxylic acids is 2. The topological polar surface area (TPSA) is 138 Å². The van der Waals surface area contributed by atoms with E-state index >= 15 is 0 Å². The summed E-state index contributed by atoms with van der Waals surface area (Å²) in [7, 11) is 1.64. The molecule has 200 valence electrons. The van der Waals surface area contributed by atoms with Crippen LogP contribution in [0.5, 0.6) is 11.6 Å². The zero-order chi connectivity index (χ0) is 26.8. The van der Waals surface area contributed by atoms with Crippen molar-refractivity contribution in [1.82, 2.24) is 25.1 Å². The van der Waals surface area contributed by atoms with Crippen molar-refractivity contribution in [3.8, 4) is 11.6 Å². The molecule has 1 saturated heterocycles. The molecule has 4 heterocycles. The summed E-state index contributed by atoms with van der Waals surface area (Å²) in [6, 6.07) is 12.9. The van der Waals surface area contributed by atoms with Crippen LogP contribution in [0.4, 0.5) is 26.8 Å². The monoisotopic (exact) mass is 528 g/mol. The number of urea groups is 1. The molecule has 0 aliphatic carbocycles. The molecule has 2 aliphatic rings. The van der Waals surface area contributed by atoms with Crippen LogP contribution in [0.3, 0.4) is 0 Å². The van der Waals surface area contributed by atoms with Crippen LogP contribution in [0.2, 0.25) is 0 Å². The number of aromatic amines is 1. The average molecular weight is 529 g/mol. The molecule has 0 unspecified atom stereocenters. The predicted molar refractivity (Wildman–Crippen MR) is 145 cm³/mol. The van der Waals surface area contributed by atoms with Gasteiger partial charge in [-0.2, -0.15) is 5.10 Å². The zero-order valence-electron chi connectivity index (χ0n) is 21.4. The molecule has 3 N–H and O–H groups in total. The van der Waals surface area contributed by atoms with Gasteiger partial charge in [-0.3, -0.25) is 10.4 Å². The Morgan fingerprint density at radius 3 is 2.82 bits per heavy atom. The van der Waals surface area contributed by atoms with Crippen molar-refractivity contribution in [3.05, 3.63) is 60.6 Å². The number of nitrogens with one attached hydrogen (secondary N) is 3. The third-order valence-electron chi connectivity index (χ3n) is 7.21. The Labute approximate surface area is 224 Å². The van der Waals surface area contributed by atoms with Gasteiger partial charge < -0.3 is 24.6 Å². The molecule has 12 heteroatoms. The number of amides is 3. The van der Waals surface area contributed by atoms with Gasteiger partial charge in [-0.05, 0) is 55.2 Å². The lowest BCUT2D eigenvalue weighted by Crippen LogP contribution is -2.49. The van der Waals surface area contributed by atoms with E-state index in [0.717, 1.165) is 47.2 Å². The molecule has 0 atom stereocenters. The second-order valence-electron chi connectivity index (χ2n) is 9.48. The molecule has 2 aromatic heterocycles. The quantitative estimate of drug-likeness (QED) is 0.353. The van der Waals surface area contributed by atoms with Gasteiger partial charge in [0.15, 0.2) is 0 Å². The Hall–Kier alpha value is -4.87. The minimum atomic E-state index is -0.655. The maximum atomic E-state index is 13.0. The van der Waals surface area contributed by atoms with Crippen LogP contribution < -0.4 is 25.0 Å². The summed E-state index contributed by atoms with van der Waals surface area (Å²) >= 11 is 0. The summed E-state index contributed by atoms with van der Waals surface area (Å²) in [6.45, 7) is 2.06. The van der Waals surface area contributed by atoms with E-state index in [4.69, 9.17) is 9.47 Å². The summed E-state index contributed by atoms with van der Waals surface area (Å²) in [5.74, 6) is 1.60. The van der Waals surface area contributed by atoms with Crippen LogP contribution in [0.15, 0.2) is 55.0 Å². The van der Waals surface area contributed by atoms with E-state index in [1.54, 1.807) is 25.4 Å². The largest absolute Gasteiger partial charge is 0.497 e. The molecule has 3 amide bonds. The Morgan fingerprint density at radius 1 is 1.10 bits per heavy atom. The molecule has 0 saturated carbocycles. The van der Waals surface area contributed by atoms with E-state index in [0.29, 0.717) is 31.1 Å². The third kappa shape index (κ3) is 5.13. The lowest BCUT2D eigenvalue weighted by molar-refractivity contribution is 0.177. The normalized spacial score (nSPS) is 15.9. The van der Waals surface area contributed by atoms with Crippen molar-refractivity contribution < 1.29 is 19.1 Å². The van der Waals surface area contributed by atoms with Crippen molar-refractivity contribution in [3.63, 3.8) is 0 Å². The number of ether oxygens (including phenoxy) is 2. The number of fused-ring (bicyclic) bond motifs is 2. The van der Waals surface area contributed by atoms with Crippen molar-refractivity contribution in [2.24, 2.45) is 0 Å². The van der Waals surface area contributed by atoms with E-state index in [9.17, 15) is 9.59 Å². The minimum absolute atomic E-state index is 0.0767. The number of hydrogen-bond acceptors (Lipinski definition) is 8. The fourth-order valence-electron chi connectivity index (χ4n) is 5.18. The van der Waals surface area contributed by atoms with Crippen LogP contribution in [0.25, 0.3) is 10.9 Å². The van der Waals surface area contributed by atoms with Gasteiger partial charge in [-0.25, -0.2) is 19.6 Å². The number of anilines is 3. The summed E-state index contributed by atoms with van der Waals surface area (Å²) < 4.78 is 10.8. The van der Waals surface area contributed by atoms with E-state index in [1.165, 1.54) is 6.33 Å². The van der Waals surface area contributed by atoms with Gasteiger partial charge in [0.2, 0.25) is 5.88 Å². The Balaban J connectivity index is 1.06. The van der Waals surface area contributed by atoms with Gasteiger partial charge in [0.05, 0.1) is 24.5 Å². The van der Waals surface area contributed by atoms with Crippen LogP contribution in [-0.4, -0.2) is 70.0 Å². The molecule has 4 aromatic rings. The molecule has 2 aromatic carbocycles. The Morgan fingerprint density at radius 2 is 1.97 bits per heavy atom. The standard InChI is InChI=1S/C27H28N8O4/c1-38-19-5-6-21-17(13-19)7-12-35(26(36)31-21)18-8-10-34(11-9-18)24-14-25(29-16-28-24)39-27(37)32-22-3-2-4-23-20(22)15-30-33-23/h2-6,13-16,18H,7-12H2,1H3,(H,30,33)(H,31,36)(H,32,37). The molecule has 12 nitrogen and oxygen atoms in total. The van der Waals surface area contributed by atoms with Crippen LogP contribution in [0.1, 0.15) is 18.4 Å². The minimum Gasteiger partial charge on any atom is -0.497 e. The first-order valence-corrected chi connectivity index (χ1v) is 12.8. The van der Waals surface area contributed by atoms with E-state index in [2.05, 4.69) is 35.7 Å². The number of hydrogen-bond donors (Lipinski definition) is 3. The first kappa shape index (κ1) is 24.5. The molecule has 6 rings (SSSR count). The van der Waals surface area contributed by atoms with E-state index < -0.39 is 6.09 Å². The fourth-order valence-corrected chi connectivity index (χ4v) is 5.18. The first-order chi connectivity index (χ1) is 19.1. The van der Waals surface area contributed by atoms with Crippen LogP contribution in [0, 0.1) is 0 Å². The summed E-state index contributed by atoms with van der Waals surface area (Å²) in [4.78, 5) is 38.1. The van der Waals surface area contributed by atoms with Gasteiger partial charge in [-0.1, -0.05) is 6.07 Å².